The van der Waals surface area contributed by atoms with Crippen LogP contribution in [0.4, 0.5) is 10.5 Å². The van der Waals surface area contributed by atoms with Gasteiger partial charge in [0.25, 0.3) is 0 Å². The van der Waals surface area contributed by atoms with Gasteiger partial charge in [-0.3, -0.25) is 0 Å². The number of urea groups is 1. The Morgan fingerprint density at radius 1 is 1.30 bits per heavy atom. The summed E-state index contributed by atoms with van der Waals surface area (Å²) < 4.78 is 0. The highest BCUT2D eigenvalue weighted by atomic mass is 16.4. The molecule has 5 heteroatoms. The van der Waals surface area contributed by atoms with E-state index in [1.165, 1.54) is 18.9 Å². The van der Waals surface area contributed by atoms with Gasteiger partial charge < -0.3 is 15.7 Å². The highest BCUT2D eigenvalue weighted by molar-refractivity contribution is 5.94. The molecule has 2 amide bonds. The van der Waals surface area contributed by atoms with Crippen LogP contribution in [0.3, 0.4) is 0 Å². The van der Waals surface area contributed by atoms with Gasteiger partial charge in [-0.05, 0) is 49.4 Å². The van der Waals surface area contributed by atoms with Crippen LogP contribution in [-0.4, -0.2) is 23.7 Å². The molecule has 20 heavy (non-hydrogen) atoms. The van der Waals surface area contributed by atoms with Gasteiger partial charge in [0.2, 0.25) is 0 Å². The lowest BCUT2D eigenvalue weighted by atomic mass is 10.0. The van der Waals surface area contributed by atoms with Gasteiger partial charge in [-0.2, -0.15) is 0 Å². The second kappa shape index (κ2) is 5.94. The van der Waals surface area contributed by atoms with Gasteiger partial charge in [-0.15, -0.1) is 0 Å². The quantitative estimate of drug-likeness (QED) is 0.773. The van der Waals surface area contributed by atoms with Crippen LogP contribution in [0.25, 0.3) is 0 Å². The topological polar surface area (TPSA) is 78.4 Å². The van der Waals surface area contributed by atoms with Crippen LogP contribution in [0.1, 0.15) is 40.7 Å². The zero-order chi connectivity index (χ0) is 14.7. The minimum absolute atomic E-state index is 0.221. The molecule has 5 nitrogen and oxygen atoms in total. The van der Waals surface area contributed by atoms with E-state index in [0.717, 1.165) is 23.5 Å². The maximum Gasteiger partial charge on any atom is 0.336 e. The fourth-order valence-electron chi connectivity index (χ4n) is 2.13. The monoisotopic (exact) mass is 276 g/mol. The number of nitrogens with one attached hydrogen (secondary N) is 2. The van der Waals surface area contributed by atoms with Gasteiger partial charge in [-0.25, -0.2) is 9.59 Å². The Morgan fingerprint density at radius 2 is 2.00 bits per heavy atom. The molecule has 0 aliphatic heterocycles. The van der Waals surface area contributed by atoms with Crippen molar-refractivity contribution in [2.45, 2.75) is 33.1 Å². The van der Waals surface area contributed by atoms with Gasteiger partial charge in [-0.1, -0.05) is 12.8 Å². The molecule has 0 aromatic heterocycles. The van der Waals surface area contributed by atoms with E-state index in [0.29, 0.717) is 12.2 Å². The normalized spacial score (nSPS) is 13.9. The lowest BCUT2D eigenvalue weighted by Crippen LogP contribution is -2.29. The number of carboxylic acids is 1. The predicted octanol–water partition coefficient (Wildman–Crippen LogP) is 2.92. The lowest BCUT2D eigenvalue weighted by Gasteiger charge is -2.11. The molecule has 1 saturated carbocycles. The largest absolute Gasteiger partial charge is 0.478 e. The molecule has 1 fully saturated rings. The first-order valence-corrected chi connectivity index (χ1v) is 6.86. The Bertz CT molecular complexity index is 536. The number of carboxylic acid groups (broad SMARTS) is 1. The van der Waals surface area contributed by atoms with Crippen molar-refractivity contribution in [3.8, 4) is 0 Å². The number of aromatic carboxylic acids is 1. The van der Waals surface area contributed by atoms with Crippen molar-refractivity contribution in [2.75, 3.05) is 11.9 Å². The van der Waals surface area contributed by atoms with E-state index in [1.54, 1.807) is 13.0 Å². The van der Waals surface area contributed by atoms with Crippen molar-refractivity contribution in [3.63, 3.8) is 0 Å². The number of anilines is 1. The molecule has 0 unspecified atom stereocenters. The van der Waals surface area contributed by atoms with E-state index in [4.69, 9.17) is 5.11 Å². The van der Waals surface area contributed by atoms with Crippen LogP contribution in [0.15, 0.2) is 12.1 Å². The number of hydrogen-bond donors (Lipinski definition) is 3. The number of benzene rings is 1. The standard InChI is InChI=1S/C15H20N2O3/c1-9-7-12(8-13(10(9)2)14(18)19)17-15(20)16-6-5-11-3-4-11/h7-8,11H,3-6H2,1-2H3,(H,18,19)(H2,16,17,20). The first kappa shape index (κ1) is 14.4. The molecule has 0 saturated heterocycles. The molecule has 108 valence electrons. The molecule has 3 N–H and O–H groups in total. The molecule has 0 radical (unpaired) electrons. The van der Waals surface area contributed by atoms with E-state index in [9.17, 15) is 9.59 Å². The number of carbonyl (C=O) groups is 2. The number of aryl methyl sites for hydroxylation is 1. The average Bonchev–Trinajstić information content (AvgIpc) is 3.17. The summed E-state index contributed by atoms with van der Waals surface area (Å²) in [5.74, 6) is -0.209. The Hall–Kier alpha value is -2.04. The zero-order valence-electron chi connectivity index (χ0n) is 11.8. The van der Waals surface area contributed by atoms with Crippen molar-refractivity contribution in [2.24, 2.45) is 5.92 Å². The number of amides is 2. The Kier molecular flexibility index (Phi) is 4.27. The highest BCUT2D eigenvalue weighted by Gasteiger charge is 2.20. The van der Waals surface area contributed by atoms with Crippen molar-refractivity contribution in [1.29, 1.82) is 0 Å². The smallest absolute Gasteiger partial charge is 0.336 e. The summed E-state index contributed by atoms with van der Waals surface area (Å²) >= 11 is 0. The number of carbonyl (C=O) groups excluding carboxylic acids is 1. The maximum absolute atomic E-state index is 11.7. The van der Waals surface area contributed by atoms with Crippen LogP contribution in [0.2, 0.25) is 0 Å². The van der Waals surface area contributed by atoms with Gasteiger partial charge in [0.05, 0.1) is 5.56 Å². The van der Waals surface area contributed by atoms with E-state index in [-0.39, 0.29) is 11.6 Å². The van der Waals surface area contributed by atoms with Crippen LogP contribution >= 0.6 is 0 Å². The Labute approximate surface area is 118 Å². The molecule has 0 atom stereocenters. The SMILES string of the molecule is Cc1cc(NC(=O)NCCC2CC2)cc(C(=O)O)c1C. The van der Waals surface area contributed by atoms with E-state index < -0.39 is 5.97 Å². The van der Waals surface area contributed by atoms with Crippen LogP contribution in [-0.2, 0) is 0 Å². The molecule has 2 rings (SSSR count). The summed E-state index contributed by atoms with van der Waals surface area (Å²) in [4.78, 5) is 22.9. The lowest BCUT2D eigenvalue weighted by molar-refractivity contribution is 0.0696. The first-order chi connectivity index (χ1) is 9.47. The van der Waals surface area contributed by atoms with Gasteiger partial charge >= 0.3 is 12.0 Å². The summed E-state index contributed by atoms with van der Waals surface area (Å²) in [6.45, 7) is 4.25. The third kappa shape index (κ3) is 3.73. The van der Waals surface area contributed by atoms with Crippen molar-refractivity contribution < 1.29 is 14.7 Å². The van der Waals surface area contributed by atoms with Gasteiger partial charge in [0, 0.05) is 12.2 Å². The maximum atomic E-state index is 11.7. The molecule has 1 aliphatic rings. The van der Waals surface area contributed by atoms with E-state index in [1.807, 2.05) is 6.92 Å². The molecule has 0 spiro atoms. The zero-order valence-corrected chi connectivity index (χ0v) is 11.8. The summed E-state index contributed by atoms with van der Waals surface area (Å²) in [5.41, 5.74) is 2.29. The van der Waals surface area contributed by atoms with Crippen LogP contribution < -0.4 is 10.6 Å². The number of rotatable bonds is 5. The summed E-state index contributed by atoms with van der Waals surface area (Å²) in [6.07, 6.45) is 3.55. The van der Waals surface area contributed by atoms with E-state index in [2.05, 4.69) is 10.6 Å². The Morgan fingerprint density at radius 3 is 2.60 bits per heavy atom. The molecular weight excluding hydrogens is 256 g/mol. The van der Waals surface area contributed by atoms with Crippen molar-refractivity contribution in [1.82, 2.24) is 5.32 Å². The third-order valence-corrected chi connectivity index (χ3v) is 3.69. The van der Waals surface area contributed by atoms with Gasteiger partial charge in [0.15, 0.2) is 0 Å². The molecular formula is C15H20N2O3. The van der Waals surface area contributed by atoms with E-state index >= 15 is 0 Å². The molecule has 0 bridgehead atoms. The van der Waals surface area contributed by atoms with Crippen LogP contribution in [0, 0.1) is 19.8 Å². The van der Waals surface area contributed by atoms with Crippen molar-refractivity contribution >= 4 is 17.7 Å². The summed E-state index contributed by atoms with van der Waals surface area (Å²) in [5, 5.41) is 14.6. The molecule has 0 heterocycles. The second-order valence-electron chi connectivity index (χ2n) is 5.38. The fourth-order valence-corrected chi connectivity index (χ4v) is 2.13. The first-order valence-electron chi connectivity index (χ1n) is 6.86. The molecule has 1 aliphatic carbocycles. The predicted molar refractivity (Wildman–Crippen MR) is 77.2 cm³/mol. The molecule has 1 aromatic rings. The Balaban J connectivity index is 1.97. The summed E-state index contributed by atoms with van der Waals surface area (Å²) in [6, 6.07) is 2.98. The fraction of sp³-hybridized carbons (Fsp3) is 0.467. The summed E-state index contributed by atoms with van der Waals surface area (Å²) in [7, 11) is 0. The van der Waals surface area contributed by atoms with Crippen molar-refractivity contribution in [3.05, 3.63) is 28.8 Å². The van der Waals surface area contributed by atoms with Gasteiger partial charge in [0.1, 0.15) is 0 Å². The second-order valence-corrected chi connectivity index (χ2v) is 5.38. The average molecular weight is 276 g/mol. The highest BCUT2D eigenvalue weighted by Crippen LogP contribution is 2.31. The number of hydrogen-bond acceptors (Lipinski definition) is 2. The minimum atomic E-state index is -0.983. The van der Waals surface area contributed by atoms with Crippen LogP contribution in [0.5, 0.6) is 0 Å². The minimum Gasteiger partial charge on any atom is -0.478 e. The third-order valence-electron chi connectivity index (χ3n) is 3.69. The molecule has 1 aromatic carbocycles.